The highest BCUT2D eigenvalue weighted by molar-refractivity contribution is 5.98. The van der Waals surface area contributed by atoms with Crippen LogP contribution in [0, 0.1) is 0 Å². The molecular formula is C23H27N3O4. The molecule has 2 aliphatic heterocycles. The molecular weight excluding hydrogens is 382 g/mol. The van der Waals surface area contributed by atoms with Gasteiger partial charge in [-0.15, -0.1) is 0 Å². The number of hydrogen-bond donors (Lipinski definition) is 1. The standard InChI is InChI=1S/C23H27N3O4/c1-16(23(28)24-20-5-3-4-19(13-20)17(2)27)26-10-8-25(9-11-26)14-18-6-7-21-22(12-18)30-15-29-21/h3-7,12-13,16H,8-11,14-15H2,1-2H3,(H,24,28)/t16-/m0/s1. The minimum absolute atomic E-state index is 0.0160. The summed E-state index contributed by atoms with van der Waals surface area (Å²) in [6.45, 7) is 8.03. The number of amides is 1. The molecule has 0 spiro atoms. The second-order valence-corrected chi connectivity index (χ2v) is 7.80. The van der Waals surface area contributed by atoms with Gasteiger partial charge in [-0.1, -0.05) is 18.2 Å². The van der Waals surface area contributed by atoms with E-state index in [1.165, 1.54) is 12.5 Å². The largest absolute Gasteiger partial charge is 0.454 e. The molecule has 2 aromatic rings. The van der Waals surface area contributed by atoms with Crippen LogP contribution in [0.15, 0.2) is 42.5 Å². The van der Waals surface area contributed by atoms with E-state index in [0.717, 1.165) is 44.2 Å². The van der Waals surface area contributed by atoms with Crippen LogP contribution in [0.2, 0.25) is 0 Å². The second kappa shape index (κ2) is 8.85. The van der Waals surface area contributed by atoms with Gasteiger partial charge in [0.15, 0.2) is 17.3 Å². The number of hydrogen-bond acceptors (Lipinski definition) is 6. The van der Waals surface area contributed by atoms with Crippen molar-refractivity contribution < 1.29 is 19.1 Å². The minimum atomic E-state index is -0.237. The lowest BCUT2D eigenvalue weighted by atomic mass is 10.1. The second-order valence-electron chi connectivity index (χ2n) is 7.80. The third-order valence-corrected chi connectivity index (χ3v) is 5.71. The molecule has 1 atom stereocenters. The molecule has 4 rings (SSSR count). The van der Waals surface area contributed by atoms with Gasteiger partial charge in [0.05, 0.1) is 6.04 Å². The van der Waals surface area contributed by atoms with E-state index in [1.807, 2.05) is 19.1 Å². The number of nitrogens with one attached hydrogen (secondary N) is 1. The third kappa shape index (κ3) is 4.63. The minimum Gasteiger partial charge on any atom is -0.454 e. The zero-order valence-corrected chi connectivity index (χ0v) is 17.4. The van der Waals surface area contributed by atoms with Crippen molar-refractivity contribution in [1.82, 2.24) is 9.80 Å². The third-order valence-electron chi connectivity index (χ3n) is 5.71. The van der Waals surface area contributed by atoms with Crippen LogP contribution in [0.25, 0.3) is 0 Å². The number of ketones is 1. The highest BCUT2D eigenvalue weighted by atomic mass is 16.7. The van der Waals surface area contributed by atoms with Crippen molar-refractivity contribution in [2.75, 3.05) is 38.3 Å². The number of Topliss-reactive ketones (excluding diaryl/α,β-unsaturated/α-hetero) is 1. The maximum absolute atomic E-state index is 12.7. The van der Waals surface area contributed by atoms with Crippen molar-refractivity contribution in [1.29, 1.82) is 0 Å². The van der Waals surface area contributed by atoms with Crippen LogP contribution in [0.1, 0.15) is 29.8 Å². The van der Waals surface area contributed by atoms with Crippen molar-refractivity contribution >= 4 is 17.4 Å². The zero-order valence-electron chi connectivity index (χ0n) is 17.4. The Kier molecular flexibility index (Phi) is 6.01. The molecule has 7 nitrogen and oxygen atoms in total. The van der Waals surface area contributed by atoms with Gasteiger partial charge >= 0.3 is 0 Å². The highest BCUT2D eigenvalue weighted by Gasteiger charge is 2.26. The lowest BCUT2D eigenvalue weighted by Gasteiger charge is -2.37. The van der Waals surface area contributed by atoms with Gasteiger partial charge in [0.2, 0.25) is 12.7 Å². The summed E-state index contributed by atoms with van der Waals surface area (Å²) in [5.41, 5.74) is 2.45. The van der Waals surface area contributed by atoms with Crippen molar-refractivity contribution in [3.63, 3.8) is 0 Å². The van der Waals surface area contributed by atoms with Crippen LogP contribution in [-0.4, -0.2) is 60.5 Å². The monoisotopic (exact) mass is 409 g/mol. The maximum atomic E-state index is 12.7. The summed E-state index contributed by atoms with van der Waals surface area (Å²) in [4.78, 5) is 28.8. The number of benzene rings is 2. The SMILES string of the molecule is CC(=O)c1cccc(NC(=O)[C@H](C)N2CCN(Cc3ccc4c(c3)OCO4)CC2)c1. The molecule has 0 saturated carbocycles. The molecule has 30 heavy (non-hydrogen) atoms. The number of carbonyl (C=O) groups is 2. The summed E-state index contributed by atoms with van der Waals surface area (Å²) in [6, 6.07) is 12.9. The number of carbonyl (C=O) groups excluding carboxylic acids is 2. The quantitative estimate of drug-likeness (QED) is 0.740. The number of piperazine rings is 1. The van der Waals surface area contributed by atoms with Gasteiger partial charge in [-0.25, -0.2) is 0 Å². The van der Waals surface area contributed by atoms with E-state index < -0.39 is 0 Å². The number of anilines is 1. The molecule has 1 N–H and O–H groups in total. The molecule has 0 radical (unpaired) electrons. The van der Waals surface area contributed by atoms with Gasteiger partial charge in [0.25, 0.3) is 0 Å². The fourth-order valence-corrected chi connectivity index (χ4v) is 3.83. The Hall–Kier alpha value is -2.90. The molecule has 0 bridgehead atoms. The lowest BCUT2D eigenvalue weighted by Crippen LogP contribution is -2.52. The first kappa shape index (κ1) is 20.4. The molecule has 7 heteroatoms. The molecule has 0 unspecified atom stereocenters. The van der Waals surface area contributed by atoms with Gasteiger partial charge in [-0.05, 0) is 43.7 Å². The average Bonchev–Trinajstić information content (AvgIpc) is 3.22. The van der Waals surface area contributed by atoms with E-state index in [1.54, 1.807) is 24.3 Å². The molecule has 0 aliphatic carbocycles. The van der Waals surface area contributed by atoms with E-state index in [0.29, 0.717) is 11.3 Å². The van der Waals surface area contributed by atoms with Crippen molar-refractivity contribution in [2.24, 2.45) is 0 Å². The fourth-order valence-electron chi connectivity index (χ4n) is 3.83. The summed E-state index contributed by atoms with van der Waals surface area (Å²) in [7, 11) is 0. The van der Waals surface area contributed by atoms with E-state index >= 15 is 0 Å². The Morgan fingerprint density at radius 3 is 2.57 bits per heavy atom. The van der Waals surface area contributed by atoms with Crippen LogP contribution in [-0.2, 0) is 11.3 Å². The predicted octanol–water partition coefficient (Wildman–Crippen LogP) is 2.76. The maximum Gasteiger partial charge on any atom is 0.241 e. The van der Waals surface area contributed by atoms with Crippen molar-refractivity contribution in [3.8, 4) is 11.5 Å². The first-order valence-electron chi connectivity index (χ1n) is 10.3. The molecule has 0 aromatic heterocycles. The van der Waals surface area contributed by atoms with Crippen molar-refractivity contribution in [2.45, 2.75) is 26.4 Å². The molecule has 2 aromatic carbocycles. The van der Waals surface area contributed by atoms with Crippen molar-refractivity contribution in [3.05, 3.63) is 53.6 Å². The smallest absolute Gasteiger partial charge is 0.241 e. The first-order valence-corrected chi connectivity index (χ1v) is 10.3. The van der Waals surface area contributed by atoms with E-state index in [2.05, 4.69) is 21.2 Å². The highest BCUT2D eigenvalue weighted by Crippen LogP contribution is 2.32. The van der Waals surface area contributed by atoms with E-state index in [-0.39, 0.29) is 24.5 Å². The Morgan fingerprint density at radius 1 is 1.03 bits per heavy atom. The van der Waals surface area contributed by atoms with Gasteiger partial charge in [-0.3, -0.25) is 19.4 Å². The normalized spacial score (nSPS) is 17.5. The van der Waals surface area contributed by atoms with Crippen LogP contribution in [0.5, 0.6) is 11.5 Å². The molecule has 1 amide bonds. The van der Waals surface area contributed by atoms with Crippen LogP contribution >= 0.6 is 0 Å². The molecule has 2 heterocycles. The average molecular weight is 409 g/mol. The summed E-state index contributed by atoms with van der Waals surface area (Å²) in [5, 5.41) is 2.94. The summed E-state index contributed by atoms with van der Waals surface area (Å²) in [6.07, 6.45) is 0. The predicted molar refractivity (Wildman–Crippen MR) is 114 cm³/mol. The number of fused-ring (bicyclic) bond motifs is 1. The molecule has 2 aliphatic rings. The molecule has 1 saturated heterocycles. The Bertz CT molecular complexity index is 938. The molecule has 158 valence electrons. The topological polar surface area (TPSA) is 71.1 Å². The molecule has 1 fully saturated rings. The Labute approximate surface area is 176 Å². The van der Waals surface area contributed by atoms with Gasteiger partial charge < -0.3 is 14.8 Å². The summed E-state index contributed by atoms with van der Waals surface area (Å²) < 4.78 is 10.8. The Morgan fingerprint density at radius 2 is 1.80 bits per heavy atom. The zero-order chi connectivity index (χ0) is 21.1. The lowest BCUT2D eigenvalue weighted by molar-refractivity contribution is -0.121. The number of nitrogens with zero attached hydrogens (tertiary/aromatic N) is 2. The Balaban J connectivity index is 1.28. The van der Waals surface area contributed by atoms with Crippen LogP contribution in [0.3, 0.4) is 0 Å². The van der Waals surface area contributed by atoms with E-state index in [4.69, 9.17) is 9.47 Å². The number of ether oxygens (including phenoxy) is 2. The summed E-state index contributed by atoms with van der Waals surface area (Å²) >= 11 is 0. The fraction of sp³-hybridized carbons (Fsp3) is 0.391. The summed E-state index contributed by atoms with van der Waals surface area (Å²) in [5.74, 6) is 1.54. The van der Waals surface area contributed by atoms with Gasteiger partial charge in [0, 0.05) is 44.0 Å². The van der Waals surface area contributed by atoms with Gasteiger partial charge in [0.1, 0.15) is 0 Å². The van der Waals surface area contributed by atoms with Gasteiger partial charge in [-0.2, -0.15) is 0 Å². The number of rotatable bonds is 6. The van der Waals surface area contributed by atoms with Crippen LogP contribution < -0.4 is 14.8 Å². The van der Waals surface area contributed by atoms with E-state index in [9.17, 15) is 9.59 Å². The first-order chi connectivity index (χ1) is 14.5. The van der Waals surface area contributed by atoms with Crippen LogP contribution in [0.4, 0.5) is 5.69 Å².